The third-order valence-corrected chi connectivity index (χ3v) is 5.13. The molecule has 2 N–H and O–H groups in total. The van der Waals surface area contributed by atoms with E-state index in [4.69, 9.17) is 4.74 Å². The van der Waals surface area contributed by atoms with Crippen LogP contribution in [0.3, 0.4) is 0 Å². The summed E-state index contributed by atoms with van der Waals surface area (Å²) in [5, 5.41) is 10.3. The summed E-state index contributed by atoms with van der Waals surface area (Å²) in [7, 11) is 3.11. The molecule has 1 aromatic heterocycles. The van der Waals surface area contributed by atoms with Crippen molar-refractivity contribution in [1.82, 2.24) is 25.4 Å². The molecule has 0 bridgehead atoms. The lowest BCUT2D eigenvalue weighted by Gasteiger charge is -2.29. The van der Waals surface area contributed by atoms with Gasteiger partial charge in [-0.15, -0.1) is 0 Å². The summed E-state index contributed by atoms with van der Waals surface area (Å²) < 4.78 is 6.61. The molecule has 2 heterocycles. The Morgan fingerprint density at radius 3 is 2.81 bits per heavy atom. The van der Waals surface area contributed by atoms with E-state index in [0.29, 0.717) is 22.2 Å². The van der Waals surface area contributed by atoms with Crippen LogP contribution in [0.2, 0.25) is 0 Å². The number of nitrogens with one attached hydrogen (secondary N) is 2. The van der Waals surface area contributed by atoms with E-state index in [9.17, 15) is 9.59 Å². The van der Waals surface area contributed by atoms with Crippen molar-refractivity contribution < 1.29 is 14.3 Å². The van der Waals surface area contributed by atoms with Crippen LogP contribution in [0, 0.1) is 6.92 Å². The number of aryl methyl sites for hydroxylation is 2. The predicted molar refractivity (Wildman–Crippen MR) is 96.4 cm³/mol. The maximum absolute atomic E-state index is 12.5. The van der Waals surface area contributed by atoms with Crippen molar-refractivity contribution in [2.75, 3.05) is 12.9 Å². The van der Waals surface area contributed by atoms with Gasteiger partial charge in [0.25, 0.3) is 0 Å². The number of hydrogen-bond donors (Lipinski definition) is 2. The Balaban J connectivity index is 2.00. The average Bonchev–Trinajstić information content (AvgIpc) is 3.04. The first-order chi connectivity index (χ1) is 12.5. The van der Waals surface area contributed by atoms with Gasteiger partial charge in [0.15, 0.2) is 5.16 Å². The number of esters is 1. The van der Waals surface area contributed by atoms with Crippen molar-refractivity contribution in [3.05, 3.63) is 53.0 Å². The number of rotatable bonds is 5. The van der Waals surface area contributed by atoms with Crippen LogP contribution >= 0.6 is 11.8 Å². The molecule has 1 atom stereocenters. The van der Waals surface area contributed by atoms with Crippen LogP contribution < -0.4 is 10.6 Å². The molecule has 0 saturated heterocycles. The molecule has 136 valence electrons. The zero-order chi connectivity index (χ0) is 18.7. The molecule has 2 aromatic rings. The van der Waals surface area contributed by atoms with E-state index in [1.165, 1.54) is 25.2 Å². The SMILES string of the molecule is COC(=O)C1=C(CSc2ncnn2C)NC(=O)N[C@H]1c1ccccc1C. The number of carbonyl (C=O) groups excluding carboxylic acids is 2. The lowest BCUT2D eigenvalue weighted by atomic mass is 9.92. The molecule has 9 heteroatoms. The minimum atomic E-state index is -0.576. The maximum atomic E-state index is 12.5. The zero-order valence-corrected chi connectivity index (χ0v) is 15.5. The van der Waals surface area contributed by atoms with Gasteiger partial charge in [-0.1, -0.05) is 36.0 Å². The molecule has 0 saturated carbocycles. The van der Waals surface area contributed by atoms with E-state index in [-0.39, 0.29) is 6.03 Å². The van der Waals surface area contributed by atoms with Gasteiger partial charge in [0.05, 0.1) is 18.7 Å². The summed E-state index contributed by atoms with van der Waals surface area (Å²) in [6, 6.07) is 6.67. The summed E-state index contributed by atoms with van der Waals surface area (Å²) in [5.41, 5.74) is 2.71. The van der Waals surface area contributed by atoms with Crippen molar-refractivity contribution in [3.8, 4) is 0 Å². The van der Waals surface area contributed by atoms with Crippen LogP contribution in [-0.2, 0) is 16.6 Å². The van der Waals surface area contributed by atoms with E-state index in [2.05, 4.69) is 20.7 Å². The first-order valence-electron chi connectivity index (χ1n) is 7.92. The Morgan fingerprint density at radius 1 is 1.38 bits per heavy atom. The van der Waals surface area contributed by atoms with Crippen LogP contribution in [0.1, 0.15) is 17.2 Å². The first-order valence-corrected chi connectivity index (χ1v) is 8.91. The summed E-state index contributed by atoms with van der Waals surface area (Å²) in [5.74, 6) is -0.133. The fourth-order valence-corrected chi connectivity index (χ4v) is 3.64. The second kappa shape index (κ2) is 7.61. The smallest absolute Gasteiger partial charge is 0.338 e. The maximum Gasteiger partial charge on any atom is 0.338 e. The monoisotopic (exact) mass is 373 g/mol. The molecule has 0 fully saturated rings. The molecule has 1 aliphatic heterocycles. The molecule has 26 heavy (non-hydrogen) atoms. The number of benzene rings is 1. The lowest BCUT2D eigenvalue weighted by molar-refractivity contribution is -0.136. The number of amides is 2. The number of nitrogens with zero attached hydrogens (tertiary/aromatic N) is 3. The summed E-state index contributed by atoms with van der Waals surface area (Å²) in [6.45, 7) is 1.94. The topological polar surface area (TPSA) is 98.1 Å². The fourth-order valence-electron chi connectivity index (χ4n) is 2.78. The summed E-state index contributed by atoms with van der Waals surface area (Å²) in [6.07, 6.45) is 1.45. The molecular formula is C17H19N5O3S. The molecule has 1 aliphatic rings. The van der Waals surface area contributed by atoms with Crippen molar-refractivity contribution in [1.29, 1.82) is 0 Å². The van der Waals surface area contributed by atoms with Crippen LogP contribution in [0.25, 0.3) is 0 Å². The normalized spacial score (nSPS) is 16.9. The van der Waals surface area contributed by atoms with Gasteiger partial charge in [0, 0.05) is 18.5 Å². The highest BCUT2D eigenvalue weighted by atomic mass is 32.2. The van der Waals surface area contributed by atoms with Gasteiger partial charge in [0.2, 0.25) is 0 Å². The van der Waals surface area contributed by atoms with E-state index >= 15 is 0 Å². The van der Waals surface area contributed by atoms with Gasteiger partial charge in [0.1, 0.15) is 6.33 Å². The first kappa shape index (κ1) is 18.0. The molecule has 2 amide bonds. The number of aromatic nitrogens is 3. The fraction of sp³-hybridized carbons (Fsp3) is 0.294. The Labute approximate surface area is 155 Å². The number of urea groups is 1. The van der Waals surface area contributed by atoms with E-state index in [1.807, 2.05) is 31.2 Å². The Morgan fingerprint density at radius 2 is 2.15 bits per heavy atom. The largest absolute Gasteiger partial charge is 0.466 e. The molecule has 8 nitrogen and oxygen atoms in total. The van der Waals surface area contributed by atoms with Crippen molar-refractivity contribution >= 4 is 23.8 Å². The second-order valence-corrected chi connectivity index (χ2v) is 6.67. The van der Waals surface area contributed by atoms with Crippen molar-refractivity contribution in [2.24, 2.45) is 7.05 Å². The highest BCUT2D eigenvalue weighted by molar-refractivity contribution is 7.99. The number of thioether (sulfide) groups is 1. The van der Waals surface area contributed by atoms with Gasteiger partial charge in [-0.25, -0.2) is 19.3 Å². The zero-order valence-electron chi connectivity index (χ0n) is 14.6. The van der Waals surface area contributed by atoms with Gasteiger partial charge >= 0.3 is 12.0 Å². The standard InChI is InChI=1S/C17H19N5O3S/c1-10-6-4-5-7-11(10)14-13(15(23)25-3)12(20-16(24)21-14)8-26-17-18-9-19-22(17)2/h4-7,9,14H,8H2,1-3H3,(H2,20,21,24)/t14-/m0/s1. The number of carbonyl (C=O) groups is 2. The second-order valence-electron chi connectivity index (χ2n) is 5.73. The van der Waals surface area contributed by atoms with Gasteiger partial charge in [-0.2, -0.15) is 5.10 Å². The van der Waals surface area contributed by atoms with Gasteiger partial charge < -0.3 is 15.4 Å². The van der Waals surface area contributed by atoms with E-state index in [1.54, 1.807) is 11.7 Å². The third kappa shape index (κ3) is 3.57. The molecule has 0 radical (unpaired) electrons. The quantitative estimate of drug-likeness (QED) is 0.611. The van der Waals surface area contributed by atoms with Crippen LogP contribution in [-0.4, -0.2) is 39.6 Å². The van der Waals surface area contributed by atoms with E-state index < -0.39 is 12.0 Å². The molecular weight excluding hydrogens is 354 g/mol. The number of ether oxygens (including phenoxy) is 1. The molecule has 0 unspecified atom stereocenters. The highest BCUT2D eigenvalue weighted by Crippen LogP contribution is 2.31. The average molecular weight is 373 g/mol. The van der Waals surface area contributed by atoms with Crippen LogP contribution in [0.4, 0.5) is 4.79 Å². The highest BCUT2D eigenvalue weighted by Gasteiger charge is 2.34. The molecule has 0 spiro atoms. The van der Waals surface area contributed by atoms with Gasteiger partial charge in [-0.3, -0.25) is 0 Å². The summed E-state index contributed by atoms with van der Waals surface area (Å²) in [4.78, 5) is 28.8. The van der Waals surface area contributed by atoms with Crippen molar-refractivity contribution in [2.45, 2.75) is 18.1 Å². The Kier molecular flexibility index (Phi) is 5.27. The third-order valence-electron chi connectivity index (χ3n) is 4.07. The van der Waals surface area contributed by atoms with Crippen LogP contribution in [0.15, 0.2) is 47.0 Å². The molecule has 3 rings (SSSR count). The molecule has 0 aliphatic carbocycles. The predicted octanol–water partition coefficient (Wildman–Crippen LogP) is 1.70. The minimum Gasteiger partial charge on any atom is -0.466 e. The number of methoxy groups -OCH3 is 1. The van der Waals surface area contributed by atoms with E-state index in [0.717, 1.165) is 11.1 Å². The Bertz CT molecular complexity index is 877. The molecule has 1 aromatic carbocycles. The van der Waals surface area contributed by atoms with Crippen molar-refractivity contribution in [3.63, 3.8) is 0 Å². The van der Waals surface area contributed by atoms with Gasteiger partial charge in [-0.05, 0) is 18.1 Å². The minimum absolute atomic E-state index is 0.354. The van der Waals surface area contributed by atoms with Crippen LogP contribution in [0.5, 0.6) is 0 Å². The summed E-state index contributed by atoms with van der Waals surface area (Å²) >= 11 is 1.38. The number of hydrogen-bond acceptors (Lipinski definition) is 6. The lowest BCUT2D eigenvalue weighted by Crippen LogP contribution is -2.46. The Hall–Kier alpha value is -2.81.